The third-order valence-corrected chi connectivity index (χ3v) is 2.04. The van der Waals surface area contributed by atoms with Gasteiger partial charge in [0.05, 0.1) is 6.67 Å². The summed E-state index contributed by atoms with van der Waals surface area (Å²) in [5.74, 6) is 0.0621. The molecule has 0 aliphatic carbocycles. The van der Waals surface area contributed by atoms with Gasteiger partial charge in [0, 0.05) is 19.0 Å². The van der Waals surface area contributed by atoms with Crippen LogP contribution in [-0.4, -0.2) is 31.7 Å². The molecule has 0 aromatic carbocycles. The Morgan fingerprint density at radius 1 is 1.43 bits per heavy atom. The number of hydrogen-bond acceptors (Lipinski definition) is 2. The van der Waals surface area contributed by atoms with E-state index in [0.29, 0.717) is 25.9 Å². The summed E-state index contributed by atoms with van der Waals surface area (Å²) >= 11 is 0. The molecule has 0 fully saturated rings. The van der Waals surface area contributed by atoms with E-state index in [1.807, 2.05) is 13.8 Å². The van der Waals surface area contributed by atoms with E-state index in [9.17, 15) is 9.18 Å². The Bertz CT molecular complexity index is 153. The number of rotatable bonds is 8. The van der Waals surface area contributed by atoms with Crippen LogP contribution in [0.2, 0.25) is 0 Å². The summed E-state index contributed by atoms with van der Waals surface area (Å²) in [7, 11) is 0. The van der Waals surface area contributed by atoms with Gasteiger partial charge in [-0.3, -0.25) is 9.18 Å². The number of halogens is 1. The van der Waals surface area contributed by atoms with Crippen LogP contribution in [0.3, 0.4) is 0 Å². The van der Waals surface area contributed by atoms with Gasteiger partial charge in [-0.05, 0) is 26.3 Å². The molecular weight excluding hydrogens is 183 g/mol. The normalized spacial score (nSPS) is 12.5. The van der Waals surface area contributed by atoms with Gasteiger partial charge < -0.3 is 10.6 Å². The topological polar surface area (TPSA) is 41.1 Å². The Balaban J connectivity index is 3.27. The van der Waals surface area contributed by atoms with E-state index in [0.717, 1.165) is 6.42 Å². The minimum Gasteiger partial charge on any atom is -0.354 e. The van der Waals surface area contributed by atoms with Crippen molar-refractivity contribution in [3.05, 3.63) is 0 Å². The van der Waals surface area contributed by atoms with Crippen LogP contribution >= 0.6 is 0 Å². The zero-order valence-electron chi connectivity index (χ0n) is 9.11. The molecule has 14 heavy (non-hydrogen) atoms. The maximum absolute atomic E-state index is 11.7. The second-order valence-electron chi connectivity index (χ2n) is 3.42. The molecule has 4 heteroatoms. The number of amides is 1. The van der Waals surface area contributed by atoms with E-state index < -0.39 is 0 Å². The zero-order valence-corrected chi connectivity index (χ0v) is 9.11. The second-order valence-corrected chi connectivity index (χ2v) is 3.42. The Labute approximate surface area is 85.5 Å². The Kier molecular flexibility index (Phi) is 8.53. The molecule has 0 saturated heterocycles. The highest BCUT2D eigenvalue weighted by molar-refractivity contribution is 5.76. The molecule has 0 saturated carbocycles. The predicted molar refractivity (Wildman–Crippen MR) is 56.0 cm³/mol. The van der Waals surface area contributed by atoms with Gasteiger partial charge in [0.25, 0.3) is 0 Å². The standard InChI is InChI=1S/C10H21FN2O/c1-3-9(2)13-10(14)5-8-12-7-4-6-11/h9,12H,3-8H2,1-2H3,(H,13,14). The van der Waals surface area contributed by atoms with Gasteiger partial charge in [-0.25, -0.2) is 0 Å². The summed E-state index contributed by atoms with van der Waals surface area (Å²) < 4.78 is 11.7. The van der Waals surface area contributed by atoms with Crippen molar-refractivity contribution in [3.8, 4) is 0 Å². The molecule has 0 aliphatic heterocycles. The van der Waals surface area contributed by atoms with Gasteiger partial charge in [0.2, 0.25) is 5.91 Å². The molecular formula is C10H21FN2O. The van der Waals surface area contributed by atoms with E-state index in [1.165, 1.54) is 0 Å². The molecule has 1 unspecified atom stereocenters. The molecule has 0 heterocycles. The summed E-state index contributed by atoms with van der Waals surface area (Å²) in [6, 6.07) is 0.244. The molecule has 0 rings (SSSR count). The number of alkyl halides is 1. The Morgan fingerprint density at radius 2 is 2.14 bits per heavy atom. The van der Waals surface area contributed by atoms with E-state index in [1.54, 1.807) is 0 Å². The molecule has 0 aromatic heterocycles. The van der Waals surface area contributed by atoms with Crippen molar-refractivity contribution >= 4 is 5.91 Å². The molecule has 0 bridgehead atoms. The summed E-state index contributed by atoms with van der Waals surface area (Å²) in [6.45, 7) is 4.99. The molecule has 0 aliphatic rings. The third-order valence-electron chi connectivity index (χ3n) is 2.04. The smallest absolute Gasteiger partial charge is 0.221 e. The van der Waals surface area contributed by atoms with Crippen molar-refractivity contribution in [2.45, 2.75) is 39.2 Å². The van der Waals surface area contributed by atoms with Gasteiger partial charge in [0.1, 0.15) is 0 Å². The van der Waals surface area contributed by atoms with Crippen molar-refractivity contribution in [1.82, 2.24) is 10.6 Å². The van der Waals surface area contributed by atoms with Crippen LogP contribution in [0, 0.1) is 0 Å². The van der Waals surface area contributed by atoms with Crippen LogP contribution in [0.4, 0.5) is 4.39 Å². The number of hydrogen-bond donors (Lipinski definition) is 2. The lowest BCUT2D eigenvalue weighted by Gasteiger charge is -2.11. The van der Waals surface area contributed by atoms with Crippen molar-refractivity contribution in [2.75, 3.05) is 19.8 Å². The molecule has 84 valence electrons. The predicted octanol–water partition coefficient (Wildman–Crippen LogP) is 1.24. The van der Waals surface area contributed by atoms with Gasteiger partial charge in [-0.2, -0.15) is 0 Å². The van der Waals surface area contributed by atoms with Crippen LogP contribution in [-0.2, 0) is 4.79 Å². The first kappa shape index (κ1) is 13.4. The average molecular weight is 204 g/mol. The van der Waals surface area contributed by atoms with Gasteiger partial charge in [0.15, 0.2) is 0 Å². The Hall–Kier alpha value is -0.640. The first-order chi connectivity index (χ1) is 6.70. The maximum Gasteiger partial charge on any atom is 0.221 e. The number of nitrogens with one attached hydrogen (secondary N) is 2. The minimum absolute atomic E-state index is 0.0621. The maximum atomic E-state index is 11.7. The van der Waals surface area contributed by atoms with Gasteiger partial charge in [-0.15, -0.1) is 0 Å². The molecule has 0 spiro atoms. The lowest BCUT2D eigenvalue weighted by atomic mass is 10.2. The summed E-state index contributed by atoms with van der Waals surface area (Å²) in [6.07, 6.45) is 1.94. The number of carbonyl (C=O) groups is 1. The van der Waals surface area contributed by atoms with E-state index in [2.05, 4.69) is 10.6 Å². The molecule has 3 nitrogen and oxygen atoms in total. The quantitative estimate of drug-likeness (QED) is 0.584. The van der Waals surface area contributed by atoms with Crippen molar-refractivity contribution in [1.29, 1.82) is 0 Å². The minimum atomic E-state index is -0.300. The van der Waals surface area contributed by atoms with Gasteiger partial charge in [-0.1, -0.05) is 6.92 Å². The molecule has 2 N–H and O–H groups in total. The largest absolute Gasteiger partial charge is 0.354 e. The van der Waals surface area contributed by atoms with Crippen LogP contribution in [0.25, 0.3) is 0 Å². The lowest BCUT2D eigenvalue weighted by molar-refractivity contribution is -0.121. The monoisotopic (exact) mass is 204 g/mol. The van der Waals surface area contributed by atoms with E-state index in [4.69, 9.17) is 0 Å². The molecule has 1 amide bonds. The van der Waals surface area contributed by atoms with Crippen LogP contribution in [0.15, 0.2) is 0 Å². The average Bonchev–Trinajstić information content (AvgIpc) is 2.17. The van der Waals surface area contributed by atoms with Crippen LogP contribution in [0.5, 0.6) is 0 Å². The molecule has 0 radical (unpaired) electrons. The van der Waals surface area contributed by atoms with Crippen molar-refractivity contribution in [2.24, 2.45) is 0 Å². The zero-order chi connectivity index (χ0) is 10.8. The molecule has 0 aromatic rings. The second kappa shape index (κ2) is 8.94. The fourth-order valence-electron chi connectivity index (χ4n) is 0.968. The van der Waals surface area contributed by atoms with Crippen molar-refractivity contribution in [3.63, 3.8) is 0 Å². The fraction of sp³-hybridized carbons (Fsp3) is 0.900. The van der Waals surface area contributed by atoms with E-state index in [-0.39, 0.29) is 18.6 Å². The SMILES string of the molecule is CCC(C)NC(=O)CCNCCCF. The highest BCUT2D eigenvalue weighted by Crippen LogP contribution is 1.89. The highest BCUT2D eigenvalue weighted by atomic mass is 19.1. The van der Waals surface area contributed by atoms with Crippen molar-refractivity contribution < 1.29 is 9.18 Å². The number of carbonyl (C=O) groups excluding carboxylic acids is 1. The summed E-state index contributed by atoms with van der Waals surface area (Å²) in [5, 5.41) is 5.88. The first-order valence-electron chi connectivity index (χ1n) is 5.26. The summed E-state index contributed by atoms with van der Waals surface area (Å²) in [5.41, 5.74) is 0. The summed E-state index contributed by atoms with van der Waals surface area (Å²) in [4.78, 5) is 11.2. The fourth-order valence-corrected chi connectivity index (χ4v) is 0.968. The van der Waals surface area contributed by atoms with Gasteiger partial charge >= 0.3 is 0 Å². The van der Waals surface area contributed by atoms with E-state index >= 15 is 0 Å². The first-order valence-corrected chi connectivity index (χ1v) is 5.26. The lowest BCUT2D eigenvalue weighted by Crippen LogP contribution is -2.34. The Morgan fingerprint density at radius 3 is 2.71 bits per heavy atom. The third kappa shape index (κ3) is 7.98. The highest BCUT2D eigenvalue weighted by Gasteiger charge is 2.03. The van der Waals surface area contributed by atoms with Crippen LogP contribution < -0.4 is 10.6 Å². The van der Waals surface area contributed by atoms with Crippen LogP contribution in [0.1, 0.15) is 33.1 Å². The molecule has 1 atom stereocenters.